The Bertz CT molecular complexity index is 194. The first-order valence-electron chi connectivity index (χ1n) is 2.18. The van der Waals surface area contributed by atoms with E-state index in [4.69, 9.17) is 0 Å². The zero-order valence-electron chi connectivity index (χ0n) is 4.83. The molecule has 0 aliphatic carbocycles. The molecule has 0 aromatic rings. The third-order valence-electron chi connectivity index (χ3n) is 0.494. The van der Waals surface area contributed by atoms with Crippen LogP contribution in [-0.4, -0.2) is 20.3 Å². The number of carbonyl (C=O) groups excluding carboxylic acids is 1. The van der Waals surface area contributed by atoms with Crippen LogP contribution in [0.15, 0.2) is 0 Å². The first-order valence-corrected chi connectivity index (χ1v) is 3.72. The van der Waals surface area contributed by atoms with Crippen molar-refractivity contribution in [2.24, 2.45) is 5.14 Å². The molecule has 0 aliphatic heterocycles. The van der Waals surface area contributed by atoms with Crippen LogP contribution in [0.2, 0.25) is 0 Å². The Morgan fingerprint density at radius 2 is 2.11 bits per heavy atom. The van der Waals surface area contributed by atoms with E-state index in [1.165, 1.54) is 6.92 Å². The normalized spacial score (nSPS) is 10.9. The van der Waals surface area contributed by atoms with Crippen molar-refractivity contribution in [2.45, 2.75) is 6.92 Å². The minimum atomic E-state index is -4.13. The number of carbonyl (C=O) groups is 1. The zero-order chi connectivity index (χ0) is 7.49. The highest BCUT2D eigenvalue weighted by atomic mass is 32.2. The monoisotopic (exact) mass is 153 g/mol. The molecular formula is C3H7NO4S. The molecule has 0 unspecified atom stereocenters. The molecule has 0 rings (SSSR count). The van der Waals surface area contributed by atoms with Gasteiger partial charge in [0.15, 0.2) is 0 Å². The fourth-order valence-electron chi connectivity index (χ4n) is 0.200. The molecule has 0 saturated heterocycles. The van der Waals surface area contributed by atoms with Crippen LogP contribution in [0.25, 0.3) is 0 Å². The number of ether oxygens (including phenoxy) is 1. The zero-order valence-corrected chi connectivity index (χ0v) is 5.64. The minimum Gasteiger partial charge on any atom is -0.453 e. The van der Waals surface area contributed by atoms with Crippen molar-refractivity contribution in [3.8, 4) is 0 Å². The maximum atomic E-state index is 10.1. The van der Waals surface area contributed by atoms with Crippen LogP contribution in [0.4, 0.5) is 4.79 Å². The molecule has 0 aromatic heterocycles. The molecule has 0 radical (unpaired) electrons. The van der Waals surface area contributed by atoms with Crippen LogP contribution >= 0.6 is 0 Å². The van der Waals surface area contributed by atoms with Gasteiger partial charge in [0.1, 0.15) is 0 Å². The van der Waals surface area contributed by atoms with Crippen LogP contribution in [0.5, 0.6) is 0 Å². The lowest BCUT2D eigenvalue weighted by atomic mass is 10.9. The third-order valence-corrected chi connectivity index (χ3v) is 1.08. The molecule has 0 saturated carbocycles. The van der Waals surface area contributed by atoms with Crippen molar-refractivity contribution in [3.05, 3.63) is 0 Å². The number of primary sulfonamides is 1. The Morgan fingerprint density at radius 1 is 1.67 bits per heavy atom. The first-order chi connectivity index (χ1) is 3.98. The summed E-state index contributed by atoms with van der Waals surface area (Å²) in [4.78, 5) is 10.1. The summed E-state index contributed by atoms with van der Waals surface area (Å²) in [7, 11) is -4.13. The topological polar surface area (TPSA) is 86.5 Å². The Kier molecular flexibility index (Phi) is 2.60. The maximum Gasteiger partial charge on any atom is 0.439 e. The standard InChI is InChI=1S/C3H7NO4S/c1-2-8-3(5)9(4,6)7/h2H2,1H3,(H2,4,6,7). The van der Waals surface area contributed by atoms with Gasteiger partial charge >= 0.3 is 15.3 Å². The number of rotatable bonds is 1. The van der Waals surface area contributed by atoms with Crippen LogP contribution in [0, 0.1) is 0 Å². The van der Waals surface area contributed by atoms with E-state index in [1.54, 1.807) is 0 Å². The SMILES string of the molecule is CCOC(=O)S(N)(=O)=O. The van der Waals surface area contributed by atoms with E-state index in [9.17, 15) is 13.2 Å². The molecule has 6 heteroatoms. The van der Waals surface area contributed by atoms with Gasteiger partial charge in [-0.3, -0.25) is 0 Å². The highest BCUT2D eigenvalue weighted by molar-refractivity contribution is 8.03. The summed E-state index contributed by atoms with van der Waals surface area (Å²) in [5.41, 5.74) is 0. The first kappa shape index (κ1) is 8.38. The van der Waals surface area contributed by atoms with Gasteiger partial charge in [0, 0.05) is 0 Å². The number of hydrogen-bond acceptors (Lipinski definition) is 4. The third kappa shape index (κ3) is 3.04. The minimum absolute atomic E-state index is 0.00919. The Labute approximate surface area is 52.8 Å². The number of sulfonamides is 1. The van der Waals surface area contributed by atoms with Crippen LogP contribution in [0.3, 0.4) is 0 Å². The summed E-state index contributed by atoms with van der Waals surface area (Å²) >= 11 is 0. The number of hydrogen-bond donors (Lipinski definition) is 1. The fourth-order valence-corrected chi connectivity index (χ4v) is 0.482. The fraction of sp³-hybridized carbons (Fsp3) is 0.667. The second-order valence-corrected chi connectivity index (χ2v) is 2.65. The largest absolute Gasteiger partial charge is 0.453 e. The summed E-state index contributed by atoms with van der Waals surface area (Å²) < 4.78 is 24.1. The molecule has 2 N–H and O–H groups in total. The van der Waals surface area contributed by atoms with Gasteiger partial charge < -0.3 is 4.74 Å². The lowest BCUT2D eigenvalue weighted by Gasteiger charge is -1.95. The van der Waals surface area contributed by atoms with Crippen LogP contribution in [0.1, 0.15) is 6.92 Å². The van der Waals surface area contributed by atoms with Crippen molar-refractivity contribution in [1.82, 2.24) is 0 Å². The van der Waals surface area contributed by atoms with E-state index in [0.29, 0.717) is 0 Å². The van der Waals surface area contributed by atoms with E-state index in [-0.39, 0.29) is 6.61 Å². The second-order valence-electron chi connectivity index (χ2n) is 1.23. The van der Waals surface area contributed by atoms with Crippen LogP contribution in [-0.2, 0) is 14.8 Å². The lowest BCUT2D eigenvalue weighted by molar-refractivity contribution is 0.178. The average molecular weight is 153 g/mol. The molecule has 5 nitrogen and oxygen atoms in total. The highest BCUT2D eigenvalue weighted by Gasteiger charge is 2.16. The van der Waals surface area contributed by atoms with E-state index in [0.717, 1.165) is 0 Å². The smallest absolute Gasteiger partial charge is 0.439 e. The molecule has 0 atom stereocenters. The van der Waals surface area contributed by atoms with Gasteiger partial charge in [-0.15, -0.1) is 0 Å². The summed E-state index contributed by atoms with van der Waals surface area (Å²) in [5, 5.41) is 2.98. The molecule has 0 spiro atoms. The van der Waals surface area contributed by atoms with Crippen molar-refractivity contribution >= 4 is 15.3 Å². The molecule has 54 valence electrons. The van der Waals surface area contributed by atoms with Crippen molar-refractivity contribution in [3.63, 3.8) is 0 Å². The van der Waals surface area contributed by atoms with Crippen molar-refractivity contribution < 1.29 is 17.9 Å². The van der Waals surface area contributed by atoms with E-state index >= 15 is 0 Å². The average Bonchev–Trinajstić information content (AvgIpc) is 1.64. The van der Waals surface area contributed by atoms with Gasteiger partial charge in [0.2, 0.25) is 0 Å². The van der Waals surface area contributed by atoms with E-state index in [2.05, 4.69) is 9.88 Å². The predicted octanol–water partition coefficient (Wildman–Crippen LogP) is -0.569. The molecule has 0 heterocycles. The van der Waals surface area contributed by atoms with Crippen molar-refractivity contribution in [1.29, 1.82) is 0 Å². The quantitative estimate of drug-likeness (QED) is 0.511. The molecule has 0 aromatic carbocycles. The molecule has 0 amide bonds. The molecule has 0 aliphatic rings. The van der Waals surface area contributed by atoms with Gasteiger partial charge in [-0.2, -0.15) is 0 Å². The van der Waals surface area contributed by atoms with Gasteiger partial charge in [-0.25, -0.2) is 18.4 Å². The van der Waals surface area contributed by atoms with E-state index < -0.39 is 15.3 Å². The summed E-state index contributed by atoms with van der Waals surface area (Å²) in [6, 6.07) is 0. The maximum absolute atomic E-state index is 10.1. The van der Waals surface area contributed by atoms with E-state index in [1.807, 2.05) is 0 Å². The van der Waals surface area contributed by atoms with Gasteiger partial charge in [0.05, 0.1) is 6.61 Å². The second kappa shape index (κ2) is 2.79. The predicted molar refractivity (Wildman–Crippen MR) is 30.1 cm³/mol. The Balaban J connectivity index is 4.08. The molecule has 0 fully saturated rings. The van der Waals surface area contributed by atoms with Crippen molar-refractivity contribution in [2.75, 3.05) is 6.61 Å². The highest BCUT2D eigenvalue weighted by Crippen LogP contribution is 1.85. The summed E-state index contributed by atoms with van der Waals surface area (Å²) in [6.07, 6.45) is 0. The van der Waals surface area contributed by atoms with Gasteiger partial charge in [-0.1, -0.05) is 0 Å². The Hall–Kier alpha value is -0.620. The molecule has 0 bridgehead atoms. The Morgan fingerprint density at radius 3 is 2.22 bits per heavy atom. The lowest BCUT2D eigenvalue weighted by Crippen LogP contribution is -2.23. The summed E-state index contributed by atoms with van der Waals surface area (Å²) in [5.74, 6) is 0. The molecule has 9 heavy (non-hydrogen) atoms. The van der Waals surface area contributed by atoms with Gasteiger partial charge in [0.25, 0.3) is 0 Å². The number of nitrogens with two attached hydrogens (primary N) is 1. The summed E-state index contributed by atoms with van der Waals surface area (Å²) in [6.45, 7) is 1.50. The molecular weight excluding hydrogens is 146 g/mol. The van der Waals surface area contributed by atoms with Gasteiger partial charge in [-0.05, 0) is 6.92 Å². The van der Waals surface area contributed by atoms with Crippen LogP contribution < -0.4 is 5.14 Å².